The predicted octanol–water partition coefficient (Wildman–Crippen LogP) is 5.12. The van der Waals surface area contributed by atoms with Gasteiger partial charge in [0.05, 0.1) is 0 Å². The maximum absolute atomic E-state index is 4.59. The van der Waals surface area contributed by atoms with Gasteiger partial charge in [-0.25, -0.2) is 0 Å². The molecule has 1 aromatic rings. The summed E-state index contributed by atoms with van der Waals surface area (Å²) in [5.74, 6) is 1.12. The van der Waals surface area contributed by atoms with Gasteiger partial charge in [0.15, 0.2) is 0 Å². The van der Waals surface area contributed by atoms with Gasteiger partial charge in [-0.3, -0.25) is 4.98 Å². The summed E-state index contributed by atoms with van der Waals surface area (Å²) in [6.45, 7) is 7.01. The molecular weight excluding hydrogens is 230 g/mol. The van der Waals surface area contributed by atoms with E-state index in [1.54, 1.807) is 0 Å². The van der Waals surface area contributed by atoms with Crippen molar-refractivity contribution in [1.82, 2.24) is 4.98 Å². The van der Waals surface area contributed by atoms with Crippen LogP contribution in [0.4, 0.5) is 0 Å². The van der Waals surface area contributed by atoms with E-state index in [2.05, 4.69) is 62.2 Å². The Balaban J connectivity index is 2.33. The van der Waals surface area contributed by atoms with Crippen LogP contribution in [0.1, 0.15) is 51.6 Å². The van der Waals surface area contributed by atoms with Crippen molar-refractivity contribution in [2.45, 2.75) is 46.0 Å². The molecule has 1 aliphatic carbocycles. The number of nitrogens with zero attached hydrogens (tertiary/aromatic N) is 1. The van der Waals surface area contributed by atoms with Gasteiger partial charge in [-0.2, -0.15) is 0 Å². The number of rotatable bonds is 5. The first kappa shape index (κ1) is 14.0. The van der Waals surface area contributed by atoms with Crippen molar-refractivity contribution >= 4 is 0 Å². The molecule has 0 aromatic carbocycles. The van der Waals surface area contributed by atoms with Crippen LogP contribution in [0.15, 0.2) is 48.7 Å². The topological polar surface area (TPSA) is 12.9 Å². The normalized spacial score (nSPS) is 20.5. The lowest BCUT2D eigenvalue weighted by Crippen LogP contribution is -2.34. The Labute approximate surface area is 117 Å². The molecular formula is C18H25N. The highest BCUT2D eigenvalue weighted by molar-refractivity contribution is 5.19. The Morgan fingerprint density at radius 2 is 2.05 bits per heavy atom. The van der Waals surface area contributed by atoms with Gasteiger partial charge in [0.1, 0.15) is 0 Å². The number of aromatic nitrogens is 1. The SMILES string of the molecule is CCC(CC)(C1C=CC=CC1)C(C)c1ccccn1. The summed E-state index contributed by atoms with van der Waals surface area (Å²) >= 11 is 0. The largest absolute Gasteiger partial charge is 0.261 e. The molecule has 1 nitrogen and oxygen atoms in total. The molecule has 0 N–H and O–H groups in total. The van der Waals surface area contributed by atoms with Gasteiger partial charge < -0.3 is 0 Å². The second-order valence-electron chi connectivity index (χ2n) is 5.57. The molecule has 2 atom stereocenters. The first-order valence-corrected chi connectivity index (χ1v) is 7.49. The fraction of sp³-hybridized carbons (Fsp3) is 0.500. The van der Waals surface area contributed by atoms with E-state index in [9.17, 15) is 0 Å². The van der Waals surface area contributed by atoms with E-state index in [1.165, 1.54) is 18.5 Å². The first-order valence-electron chi connectivity index (χ1n) is 7.49. The Kier molecular flexibility index (Phi) is 4.57. The fourth-order valence-corrected chi connectivity index (χ4v) is 3.64. The molecule has 1 aromatic heterocycles. The minimum Gasteiger partial charge on any atom is -0.261 e. The first-order chi connectivity index (χ1) is 9.24. The van der Waals surface area contributed by atoms with Gasteiger partial charge >= 0.3 is 0 Å². The van der Waals surface area contributed by atoms with Crippen LogP contribution >= 0.6 is 0 Å². The third-order valence-electron chi connectivity index (χ3n) is 5.03. The minimum atomic E-state index is 0.315. The summed E-state index contributed by atoms with van der Waals surface area (Å²) in [7, 11) is 0. The molecule has 0 fully saturated rings. The molecule has 1 aliphatic rings. The average molecular weight is 255 g/mol. The fourth-order valence-electron chi connectivity index (χ4n) is 3.64. The van der Waals surface area contributed by atoms with Crippen LogP contribution in [0.2, 0.25) is 0 Å². The van der Waals surface area contributed by atoms with Gasteiger partial charge in [0, 0.05) is 17.8 Å². The van der Waals surface area contributed by atoms with Crippen molar-refractivity contribution in [3.05, 3.63) is 54.4 Å². The summed E-state index contributed by atoms with van der Waals surface area (Å²) in [4.78, 5) is 4.59. The summed E-state index contributed by atoms with van der Waals surface area (Å²) in [6, 6.07) is 6.28. The van der Waals surface area contributed by atoms with Crippen LogP contribution in [0.25, 0.3) is 0 Å². The van der Waals surface area contributed by atoms with Gasteiger partial charge in [0.2, 0.25) is 0 Å². The molecule has 2 rings (SSSR count). The Bertz CT molecular complexity index is 440. The van der Waals surface area contributed by atoms with Crippen molar-refractivity contribution < 1.29 is 0 Å². The maximum atomic E-state index is 4.59. The molecule has 19 heavy (non-hydrogen) atoms. The lowest BCUT2D eigenvalue weighted by Gasteiger charge is -2.43. The molecule has 1 heterocycles. The summed E-state index contributed by atoms with van der Waals surface area (Å²) in [5, 5.41) is 0. The maximum Gasteiger partial charge on any atom is 0.0437 e. The average Bonchev–Trinajstić information content (AvgIpc) is 2.51. The molecule has 0 aliphatic heterocycles. The number of hydrogen-bond acceptors (Lipinski definition) is 1. The van der Waals surface area contributed by atoms with Crippen LogP contribution in [0.3, 0.4) is 0 Å². The lowest BCUT2D eigenvalue weighted by atomic mass is 9.61. The van der Waals surface area contributed by atoms with E-state index >= 15 is 0 Å². The number of hydrogen-bond donors (Lipinski definition) is 0. The standard InChI is InChI=1S/C18H25N/c1-4-18(5-2,16-11-7-6-8-12-16)15(3)17-13-9-10-14-19-17/h6-11,13-16H,4-5,12H2,1-3H3. The minimum absolute atomic E-state index is 0.315. The quantitative estimate of drug-likeness (QED) is 0.711. The van der Waals surface area contributed by atoms with E-state index in [1.807, 2.05) is 12.3 Å². The van der Waals surface area contributed by atoms with E-state index < -0.39 is 0 Å². The summed E-state index contributed by atoms with van der Waals surface area (Å²) in [6.07, 6.45) is 14.5. The van der Waals surface area contributed by atoms with Gasteiger partial charge in [0.25, 0.3) is 0 Å². The van der Waals surface area contributed by atoms with Gasteiger partial charge in [-0.1, -0.05) is 51.1 Å². The van der Waals surface area contributed by atoms with E-state index in [4.69, 9.17) is 0 Å². The van der Waals surface area contributed by atoms with Crippen molar-refractivity contribution in [3.63, 3.8) is 0 Å². The third kappa shape index (κ3) is 2.65. The highest BCUT2D eigenvalue weighted by Crippen LogP contribution is 2.49. The zero-order valence-corrected chi connectivity index (χ0v) is 12.3. The Morgan fingerprint density at radius 3 is 2.58 bits per heavy atom. The van der Waals surface area contributed by atoms with E-state index in [0.717, 1.165) is 6.42 Å². The molecule has 0 spiro atoms. The van der Waals surface area contributed by atoms with Crippen LogP contribution < -0.4 is 0 Å². The smallest absolute Gasteiger partial charge is 0.0437 e. The highest BCUT2D eigenvalue weighted by atomic mass is 14.7. The lowest BCUT2D eigenvalue weighted by molar-refractivity contribution is 0.137. The molecule has 0 radical (unpaired) electrons. The monoisotopic (exact) mass is 255 g/mol. The second kappa shape index (κ2) is 6.18. The number of allylic oxidation sites excluding steroid dienone is 4. The van der Waals surface area contributed by atoms with E-state index in [0.29, 0.717) is 17.3 Å². The Morgan fingerprint density at radius 1 is 1.26 bits per heavy atom. The molecule has 0 saturated heterocycles. The van der Waals surface area contributed by atoms with Gasteiger partial charge in [-0.15, -0.1) is 0 Å². The predicted molar refractivity (Wildman–Crippen MR) is 82.1 cm³/mol. The summed E-state index contributed by atoms with van der Waals surface area (Å²) < 4.78 is 0. The third-order valence-corrected chi connectivity index (χ3v) is 5.03. The zero-order valence-electron chi connectivity index (χ0n) is 12.3. The van der Waals surface area contributed by atoms with Crippen molar-refractivity contribution in [2.75, 3.05) is 0 Å². The van der Waals surface area contributed by atoms with Crippen LogP contribution in [0.5, 0.6) is 0 Å². The highest BCUT2D eigenvalue weighted by Gasteiger charge is 2.40. The second-order valence-corrected chi connectivity index (χ2v) is 5.57. The zero-order chi connectivity index (χ0) is 13.7. The van der Waals surface area contributed by atoms with Crippen molar-refractivity contribution in [2.24, 2.45) is 11.3 Å². The van der Waals surface area contributed by atoms with E-state index in [-0.39, 0.29) is 0 Å². The summed E-state index contributed by atoms with van der Waals surface area (Å²) in [5.41, 5.74) is 1.55. The van der Waals surface area contributed by atoms with Crippen molar-refractivity contribution in [1.29, 1.82) is 0 Å². The molecule has 1 heteroatoms. The molecule has 0 amide bonds. The Hall–Kier alpha value is -1.37. The van der Waals surface area contributed by atoms with Gasteiger partial charge in [-0.05, 0) is 42.7 Å². The molecule has 102 valence electrons. The van der Waals surface area contributed by atoms with Crippen molar-refractivity contribution in [3.8, 4) is 0 Å². The number of pyridine rings is 1. The molecule has 0 saturated carbocycles. The van der Waals surface area contributed by atoms with Crippen LogP contribution in [-0.2, 0) is 0 Å². The molecule has 0 bridgehead atoms. The van der Waals surface area contributed by atoms with Crippen LogP contribution in [0, 0.1) is 11.3 Å². The molecule has 2 unspecified atom stereocenters. The van der Waals surface area contributed by atoms with Crippen LogP contribution in [-0.4, -0.2) is 4.98 Å².